The minimum atomic E-state index is -3.59. The zero-order valence-electron chi connectivity index (χ0n) is 19.5. The molecule has 2 rings (SSSR count). The van der Waals surface area contributed by atoms with Gasteiger partial charge in [-0.2, -0.15) is 0 Å². The Hall–Kier alpha value is -2.49. The smallest absolute Gasteiger partial charge is 0.242 e. The first kappa shape index (κ1) is 27.8. The summed E-state index contributed by atoms with van der Waals surface area (Å²) in [6.07, 6.45) is 1.40. The number of amides is 2. The number of hydrogen-bond acceptors (Lipinski definition) is 5. The maximum Gasteiger partial charge on any atom is 0.242 e. The van der Waals surface area contributed by atoms with Crippen LogP contribution in [0.5, 0.6) is 5.75 Å². The van der Waals surface area contributed by atoms with Crippen molar-refractivity contribution in [3.63, 3.8) is 0 Å². The highest BCUT2D eigenvalue weighted by Gasteiger charge is 2.26. The molecule has 0 saturated carbocycles. The van der Waals surface area contributed by atoms with E-state index in [2.05, 4.69) is 5.32 Å². The average Bonchev–Trinajstić information content (AvgIpc) is 2.80. The summed E-state index contributed by atoms with van der Waals surface area (Å²) >= 11 is 12.1. The summed E-state index contributed by atoms with van der Waals surface area (Å²) in [5, 5.41) is 3.29. The van der Waals surface area contributed by atoms with Crippen LogP contribution in [0.3, 0.4) is 0 Å². The molecule has 34 heavy (non-hydrogen) atoms. The van der Waals surface area contributed by atoms with E-state index in [0.717, 1.165) is 6.26 Å². The van der Waals surface area contributed by atoms with E-state index in [4.69, 9.17) is 27.9 Å². The largest absolute Gasteiger partial charge is 0.497 e. The Kier molecular flexibility index (Phi) is 10.0. The zero-order chi connectivity index (χ0) is 25.5. The van der Waals surface area contributed by atoms with Gasteiger partial charge in [-0.25, -0.2) is 8.42 Å². The third-order valence-electron chi connectivity index (χ3n) is 5.24. The molecule has 2 amide bonds. The number of anilines is 1. The Labute approximate surface area is 210 Å². The van der Waals surface area contributed by atoms with E-state index >= 15 is 0 Å². The fraction of sp³-hybridized carbons (Fsp3) is 0.391. The van der Waals surface area contributed by atoms with Crippen LogP contribution in [0, 0.1) is 0 Å². The first-order valence-electron chi connectivity index (χ1n) is 10.5. The highest BCUT2D eigenvalue weighted by molar-refractivity contribution is 7.92. The molecule has 0 spiro atoms. The number of ether oxygens (including phenoxy) is 1. The van der Waals surface area contributed by atoms with Crippen LogP contribution in [-0.2, 0) is 26.2 Å². The van der Waals surface area contributed by atoms with Gasteiger partial charge in [0.25, 0.3) is 0 Å². The summed E-state index contributed by atoms with van der Waals surface area (Å²) in [7, 11) is -0.593. The molecule has 2 aromatic rings. The Morgan fingerprint density at radius 2 is 1.82 bits per heavy atom. The van der Waals surface area contributed by atoms with Crippen molar-refractivity contribution < 1.29 is 22.7 Å². The molecule has 0 aliphatic carbocycles. The van der Waals surface area contributed by atoms with Crippen molar-refractivity contribution in [2.24, 2.45) is 0 Å². The van der Waals surface area contributed by atoms with Crippen LogP contribution < -0.4 is 14.4 Å². The molecule has 1 atom stereocenters. The van der Waals surface area contributed by atoms with E-state index in [0.29, 0.717) is 27.0 Å². The number of carbonyl (C=O) groups is 2. The normalized spacial score (nSPS) is 12.1. The molecule has 0 radical (unpaired) electrons. The Morgan fingerprint density at radius 3 is 2.41 bits per heavy atom. The summed E-state index contributed by atoms with van der Waals surface area (Å²) in [5.74, 6) is -0.0850. The van der Waals surface area contributed by atoms with E-state index in [1.165, 1.54) is 23.4 Å². The molecule has 0 aromatic heterocycles. The number of halogens is 2. The Morgan fingerprint density at radius 1 is 1.12 bits per heavy atom. The number of nitrogens with zero attached hydrogens (tertiary/aromatic N) is 2. The molecule has 186 valence electrons. The number of rotatable bonds is 11. The molecule has 0 aliphatic rings. The number of carbonyl (C=O) groups excluding carboxylic acids is 2. The standard InChI is InChI=1S/C23H29Cl2N3O5S/c1-16(23(30)26-2)27(15-17-10-11-20(24)21(25)13-17)22(29)9-6-12-28(34(4,31)32)18-7-5-8-19(14-18)33-3/h5,7-8,10-11,13-14,16H,6,9,12,15H2,1-4H3,(H,26,30)/t16-/m1/s1. The van der Waals surface area contributed by atoms with Gasteiger partial charge in [0.1, 0.15) is 11.8 Å². The van der Waals surface area contributed by atoms with Crippen LogP contribution in [0.1, 0.15) is 25.3 Å². The van der Waals surface area contributed by atoms with Crippen molar-refractivity contribution in [3.8, 4) is 5.75 Å². The van der Waals surface area contributed by atoms with Crippen LogP contribution >= 0.6 is 23.2 Å². The number of likely N-dealkylation sites (N-methyl/N-ethyl adjacent to an activating group) is 1. The van der Waals surface area contributed by atoms with Crippen molar-refractivity contribution in [2.75, 3.05) is 31.3 Å². The number of sulfonamides is 1. The molecule has 0 aliphatic heterocycles. The van der Waals surface area contributed by atoms with Gasteiger partial charge in [-0.05, 0) is 43.2 Å². The number of nitrogens with one attached hydrogen (secondary N) is 1. The Bertz CT molecular complexity index is 1130. The molecule has 11 heteroatoms. The minimum Gasteiger partial charge on any atom is -0.497 e. The lowest BCUT2D eigenvalue weighted by Crippen LogP contribution is -2.46. The monoisotopic (exact) mass is 529 g/mol. The van der Waals surface area contributed by atoms with Gasteiger partial charge >= 0.3 is 0 Å². The molecule has 0 heterocycles. The fourth-order valence-corrected chi connectivity index (χ4v) is 4.67. The van der Waals surface area contributed by atoms with Crippen molar-refractivity contribution in [2.45, 2.75) is 32.4 Å². The fourth-order valence-electron chi connectivity index (χ4n) is 3.40. The second-order valence-electron chi connectivity index (χ2n) is 7.70. The lowest BCUT2D eigenvalue weighted by Gasteiger charge is -2.29. The van der Waals surface area contributed by atoms with Gasteiger partial charge in [-0.15, -0.1) is 0 Å². The molecule has 8 nitrogen and oxygen atoms in total. The van der Waals surface area contributed by atoms with Gasteiger partial charge in [-0.3, -0.25) is 13.9 Å². The van der Waals surface area contributed by atoms with E-state index in [1.54, 1.807) is 49.4 Å². The highest BCUT2D eigenvalue weighted by atomic mass is 35.5. The van der Waals surface area contributed by atoms with Crippen molar-refractivity contribution >= 4 is 50.7 Å². The highest BCUT2D eigenvalue weighted by Crippen LogP contribution is 2.25. The van der Waals surface area contributed by atoms with E-state index in [1.807, 2.05) is 0 Å². The maximum absolute atomic E-state index is 13.1. The predicted octanol–water partition coefficient (Wildman–Crippen LogP) is 3.71. The summed E-state index contributed by atoms with van der Waals surface area (Å²) in [6.45, 7) is 1.87. The quantitative estimate of drug-likeness (QED) is 0.478. The molecule has 0 fully saturated rings. The number of benzene rings is 2. The van der Waals surface area contributed by atoms with Gasteiger partial charge in [-0.1, -0.05) is 35.3 Å². The lowest BCUT2D eigenvalue weighted by atomic mass is 10.1. The van der Waals surface area contributed by atoms with Gasteiger partial charge < -0.3 is 15.0 Å². The van der Waals surface area contributed by atoms with E-state index in [-0.39, 0.29) is 37.7 Å². The van der Waals surface area contributed by atoms with Crippen molar-refractivity contribution in [1.29, 1.82) is 0 Å². The maximum atomic E-state index is 13.1. The van der Waals surface area contributed by atoms with Crippen LogP contribution in [-0.4, -0.2) is 58.1 Å². The third kappa shape index (κ3) is 7.51. The average molecular weight is 530 g/mol. The third-order valence-corrected chi connectivity index (χ3v) is 7.18. The second kappa shape index (κ2) is 12.3. The van der Waals surface area contributed by atoms with Crippen molar-refractivity contribution in [3.05, 3.63) is 58.1 Å². The molecule has 0 saturated heterocycles. The molecule has 0 bridgehead atoms. The van der Waals surface area contributed by atoms with Crippen LogP contribution in [0.4, 0.5) is 5.69 Å². The summed E-state index contributed by atoms with van der Waals surface area (Å²) in [4.78, 5) is 26.8. The topological polar surface area (TPSA) is 96.0 Å². The number of methoxy groups -OCH3 is 1. The van der Waals surface area contributed by atoms with Crippen LogP contribution in [0.25, 0.3) is 0 Å². The van der Waals surface area contributed by atoms with Crippen LogP contribution in [0.15, 0.2) is 42.5 Å². The second-order valence-corrected chi connectivity index (χ2v) is 10.4. The van der Waals surface area contributed by atoms with E-state index in [9.17, 15) is 18.0 Å². The first-order chi connectivity index (χ1) is 16.0. The first-order valence-corrected chi connectivity index (χ1v) is 13.1. The predicted molar refractivity (Wildman–Crippen MR) is 135 cm³/mol. The Balaban J connectivity index is 2.17. The van der Waals surface area contributed by atoms with Crippen LogP contribution in [0.2, 0.25) is 10.0 Å². The molecular weight excluding hydrogens is 501 g/mol. The zero-order valence-corrected chi connectivity index (χ0v) is 21.9. The molecule has 2 aromatic carbocycles. The lowest BCUT2D eigenvalue weighted by molar-refractivity contribution is -0.140. The summed E-state index contributed by atoms with van der Waals surface area (Å²) < 4.78 is 31.2. The summed E-state index contributed by atoms with van der Waals surface area (Å²) in [5.41, 5.74) is 1.16. The van der Waals surface area contributed by atoms with Crippen molar-refractivity contribution in [1.82, 2.24) is 10.2 Å². The molecular formula is C23H29Cl2N3O5S. The summed E-state index contributed by atoms with van der Waals surface area (Å²) in [6, 6.07) is 11.0. The van der Waals surface area contributed by atoms with Gasteiger partial charge in [0, 0.05) is 32.6 Å². The SMILES string of the molecule is CNC(=O)[C@@H](C)N(Cc1ccc(Cl)c(Cl)c1)C(=O)CCCN(c1cccc(OC)c1)S(C)(=O)=O. The van der Waals surface area contributed by atoms with Gasteiger partial charge in [0.15, 0.2) is 0 Å². The molecule has 1 N–H and O–H groups in total. The van der Waals surface area contributed by atoms with Gasteiger partial charge in [0.05, 0.1) is 29.1 Å². The minimum absolute atomic E-state index is 0.0403. The van der Waals surface area contributed by atoms with E-state index < -0.39 is 16.1 Å². The van der Waals surface area contributed by atoms with Gasteiger partial charge in [0.2, 0.25) is 21.8 Å². The number of hydrogen-bond donors (Lipinski definition) is 1. The molecule has 0 unspecified atom stereocenters.